The predicted molar refractivity (Wildman–Crippen MR) is 73.4 cm³/mol. The number of tetrazole rings is 1. The number of rotatable bonds is 6. The summed E-state index contributed by atoms with van der Waals surface area (Å²) < 4.78 is 0. The number of benzene rings is 1. The summed E-state index contributed by atoms with van der Waals surface area (Å²) in [5.74, 6) is -1.36. The van der Waals surface area contributed by atoms with Crippen molar-refractivity contribution in [3.05, 3.63) is 29.8 Å². The minimum atomic E-state index is -0.912. The molecule has 0 spiro atoms. The van der Waals surface area contributed by atoms with Gasteiger partial charge in [-0.1, -0.05) is 19.1 Å². The Morgan fingerprint density at radius 1 is 1.33 bits per heavy atom. The lowest BCUT2D eigenvalue weighted by molar-refractivity contribution is -0.141. The van der Waals surface area contributed by atoms with E-state index in [9.17, 15) is 9.59 Å². The van der Waals surface area contributed by atoms with E-state index in [2.05, 4.69) is 25.9 Å². The summed E-state index contributed by atoms with van der Waals surface area (Å²) in [6, 6.07) is 6.66. The minimum Gasteiger partial charge on any atom is -0.481 e. The van der Waals surface area contributed by atoms with Gasteiger partial charge in [0.2, 0.25) is 5.82 Å². The van der Waals surface area contributed by atoms with Crippen LogP contribution in [0.2, 0.25) is 0 Å². The number of aliphatic carboxylic acids is 1. The van der Waals surface area contributed by atoms with Crippen molar-refractivity contribution in [3.8, 4) is 11.4 Å². The molecule has 1 atom stereocenters. The van der Waals surface area contributed by atoms with Gasteiger partial charge in [-0.3, -0.25) is 9.59 Å². The third-order valence-corrected chi connectivity index (χ3v) is 3.10. The van der Waals surface area contributed by atoms with E-state index in [4.69, 9.17) is 5.11 Å². The summed E-state index contributed by atoms with van der Waals surface area (Å²) in [6.45, 7) is 1.88. The van der Waals surface area contributed by atoms with Gasteiger partial charge in [0.1, 0.15) is 0 Å². The van der Waals surface area contributed by atoms with Crippen molar-refractivity contribution in [2.45, 2.75) is 13.3 Å². The van der Waals surface area contributed by atoms with Crippen molar-refractivity contribution in [2.75, 3.05) is 6.54 Å². The molecule has 2 rings (SSSR count). The highest BCUT2D eigenvalue weighted by Crippen LogP contribution is 2.14. The second-order valence-corrected chi connectivity index (χ2v) is 4.47. The molecule has 0 aliphatic heterocycles. The fraction of sp³-hybridized carbons (Fsp3) is 0.308. The highest BCUT2D eigenvalue weighted by molar-refractivity contribution is 5.94. The van der Waals surface area contributed by atoms with Crippen LogP contribution in [0.4, 0.5) is 0 Å². The number of aromatic nitrogens is 4. The van der Waals surface area contributed by atoms with Gasteiger partial charge >= 0.3 is 5.97 Å². The number of H-pyrrole nitrogens is 1. The molecule has 8 nitrogen and oxygen atoms in total. The molecule has 2 aromatic rings. The topological polar surface area (TPSA) is 121 Å². The normalized spacial score (nSPS) is 11.9. The van der Waals surface area contributed by atoms with E-state index >= 15 is 0 Å². The molecule has 1 aromatic carbocycles. The summed E-state index contributed by atoms with van der Waals surface area (Å²) in [5, 5.41) is 25.0. The fourth-order valence-corrected chi connectivity index (χ4v) is 1.78. The van der Waals surface area contributed by atoms with Crippen LogP contribution in [0.25, 0.3) is 11.4 Å². The quantitative estimate of drug-likeness (QED) is 0.720. The van der Waals surface area contributed by atoms with Gasteiger partial charge in [0.15, 0.2) is 0 Å². The van der Waals surface area contributed by atoms with E-state index in [1.54, 1.807) is 31.2 Å². The maximum atomic E-state index is 11.9. The van der Waals surface area contributed by atoms with Gasteiger partial charge in [-0.25, -0.2) is 0 Å². The molecule has 8 heteroatoms. The summed E-state index contributed by atoms with van der Waals surface area (Å²) in [4.78, 5) is 22.8. The van der Waals surface area contributed by atoms with Crippen LogP contribution < -0.4 is 5.32 Å². The lowest BCUT2D eigenvalue weighted by Crippen LogP contribution is -2.32. The molecule has 0 radical (unpaired) electrons. The predicted octanol–water partition coefficient (Wildman–Crippen LogP) is 0.707. The van der Waals surface area contributed by atoms with Gasteiger partial charge in [-0.2, -0.15) is 5.21 Å². The standard InChI is InChI=1S/C13H15N5O3/c1-2-8(13(20)21)7-14-12(19)10-5-3-9(4-6-10)11-15-17-18-16-11/h3-6,8H,2,7H2,1H3,(H,14,19)(H,20,21)(H,15,16,17,18). The molecular weight excluding hydrogens is 274 g/mol. The van der Waals surface area contributed by atoms with Crippen LogP contribution in [0.3, 0.4) is 0 Å². The first-order chi connectivity index (χ1) is 10.1. The first-order valence-electron chi connectivity index (χ1n) is 6.46. The summed E-state index contributed by atoms with van der Waals surface area (Å²) >= 11 is 0. The second kappa shape index (κ2) is 6.60. The van der Waals surface area contributed by atoms with Crippen molar-refractivity contribution in [1.29, 1.82) is 0 Å². The van der Waals surface area contributed by atoms with E-state index in [0.717, 1.165) is 5.56 Å². The van der Waals surface area contributed by atoms with E-state index in [1.165, 1.54) is 0 Å². The van der Waals surface area contributed by atoms with Gasteiger partial charge in [0, 0.05) is 17.7 Å². The van der Waals surface area contributed by atoms with Crippen LogP contribution in [0.5, 0.6) is 0 Å². The molecule has 0 aliphatic rings. The molecular formula is C13H15N5O3. The van der Waals surface area contributed by atoms with E-state index in [0.29, 0.717) is 17.8 Å². The molecule has 0 aliphatic carbocycles. The Kier molecular flexibility index (Phi) is 4.60. The van der Waals surface area contributed by atoms with Crippen molar-refractivity contribution < 1.29 is 14.7 Å². The summed E-state index contributed by atoms with van der Waals surface area (Å²) in [5.41, 5.74) is 1.18. The average molecular weight is 289 g/mol. The first-order valence-corrected chi connectivity index (χ1v) is 6.46. The smallest absolute Gasteiger partial charge is 0.308 e. The number of aromatic amines is 1. The van der Waals surface area contributed by atoms with Crippen molar-refractivity contribution in [3.63, 3.8) is 0 Å². The number of carboxylic acids is 1. The van der Waals surface area contributed by atoms with Crippen molar-refractivity contribution >= 4 is 11.9 Å². The number of amides is 1. The van der Waals surface area contributed by atoms with Gasteiger partial charge in [-0.15, -0.1) is 10.2 Å². The van der Waals surface area contributed by atoms with Crippen molar-refractivity contribution in [1.82, 2.24) is 25.9 Å². The number of hydrogen-bond acceptors (Lipinski definition) is 5. The van der Waals surface area contributed by atoms with Gasteiger partial charge in [0.05, 0.1) is 5.92 Å². The zero-order chi connectivity index (χ0) is 15.2. The Hall–Kier alpha value is -2.77. The first kappa shape index (κ1) is 14.6. The van der Waals surface area contributed by atoms with Crippen LogP contribution >= 0.6 is 0 Å². The fourth-order valence-electron chi connectivity index (χ4n) is 1.78. The largest absolute Gasteiger partial charge is 0.481 e. The van der Waals surface area contributed by atoms with E-state index < -0.39 is 11.9 Å². The third-order valence-electron chi connectivity index (χ3n) is 3.10. The Balaban J connectivity index is 1.98. The second-order valence-electron chi connectivity index (χ2n) is 4.47. The molecule has 0 bridgehead atoms. The minimum absolute atomic E-state index is 0.108. The maximum Gasteiger partial charge on any atom is 0.308 e. The van der Waals surface area contributed by atoms with E-state index in [1.807, 2.05) is 0 Å². The number of carbonyl (C=O) groups excluding carboxylic acids is 1. The highest BCUT2D eigenvalue weighted by atomic mass is 16.4. The Bertz CT molecular complexity index is 609. The summed E-state index contributed by atoms with van der Waals surface area (Å²) in [7, 11) is 0. The number of nitrogens with zero attached hydrogens (tertiary/aromatic N) is 3. The van der Waals surface area contributed by atoms with Gasteiger partial charge in [-0.05, 0) is 23.8 Å². The van der Waals surface area contributed by atoms with Gasteiger partial charge < -0.3 is 10.4 Å². The maximum absolute atomic E-state index is 11.9. The Morgan fingerprint density at radius 2 is 2.05 bits per heavy atom. The van der Waals surface area contributed by atoms with Crippen LogP contribution in [0.1, 0.15) is 23.7 Å². The lowest BCUT2D eigenvalue weighted by Gasteiger charge is -2.11. The molecule has 1 amide bonds. The highest BCUT2D eigenvalue weighted by Gasteiger charge is 2.16. The lowest BCUT2D eigenvalue weighted by atomic mass is 10.1. The van der Waals surface area contributed by atoms with Crippen LogP contribution in [-0.4, -0.2) is 44.2 Å². The Morgan fingerprint density at radius 3 is 2.57 bits per heavy atom. The van der Waals surface area contributed by atoms with Crippen LogP contribution in [0.15, 0.2) is 24.3 Å². The Labute approximate surface area is 120 Å². The molecule has 1 aromatic heterocycles. The molecule has 1 unspecified atom stereocenters. The number of hydrogen-bond donors (Lipinski definition) is 3. The van der Waals surface area contributed by atoms with Crippen molar-refractivity contribution in [2.24, 2.45) is 5.92 Å². The molecule has 0 fully saturated rings. The van der Waals surface area contributed by atoms with Crippen LogP contribution in [-0.2, 0) is 4.79 Å². The zero-order valence-corrected chi connectivity index (χ0v) is 11.4. The third kappa shape index (κ3) is 3.62. The molecule has 0 saturated carbocycles. The van der Waals surface area contributed by atoms with Gasteiger partial charge in [0.25, 0.3) is 5.91 Å². The van der Waals surface area contributed by atoms with Crippen LogP contribution in [0, 0.1) is 5.92 Å². The molecule has 3 N–H and O–H groups in total. The summed E-state index contributed by atoms with van der Waals surface area (Å²) in [6.07, 6.45) is 0.465. The molecule has 0 saturated heterocycles. The van der Waals surface area contributed by atoms with E-state index in [-0.39, 0.29) is 12.5 Å². The number of carboxylic acid groups (broad SMARTS) is 1. The number of carbonyl (C=O) groups is 2. The molecule has 1 heterocycles. The monoisotopic (exact) mass is 289 g/mol. The average Bonchev–Trinajstić information content (AvgIpc) is 3.01. The molecule has 21 heavy (non-hydrogen) atoms. The molecule has 110 valence electrons. The SMILES string of the molecule is CCC(CNC(=O)c1ccc(-c2nn[nH]n2)cc1)C(=O)O. The number of nitrogens with one attached hydrogen (secondary N) is 2. The zero-order valence-electron chi connectivity index (χ0n) is 11.4.